The summed E-state index contributed by atoms with van der Waals surface area (Å²) < 4.78 is 22.2. The minimum absolute atomic E-state index is 0.0757. The van der Waals surface area contributed by atoms with Crippen LogP contribution in [0.5, 0.6) is 5.88 Å². The number of nitrogens with two attached hydrogens (primary N) is 1. The van der Waals surface area contributed by atoms with E-state index in [0.29, 0.717) is 49.9 Å². The molecule has 2 aliphatic heterocycles. The van der Waals surface area contributed by atoms with Crippen molar-refractivity contribution in [1.29, 1.82) is 0 Å². The van der Waals surface area contributed by atoms with Gasteiger partial charge in [0.05, 0.1) is 90.0 Å². The minimum Gasteiger partial charge on any atom is -0.479 e. The molecule has 14 heteroatoms. The van der Waals surface area contributed by atoms with Gasteiger partial charge in [-0.05, 0) is 75.0 Å². The quantitative estimate of drug-likeness (QED) is 0.232. The number of pyridine rings is 1. The third kappa shape index (κ3) is 5.94. The second-order valence-corrected chi connectivity index (χ2v) is 12.6. The number of aliphatic hydroxyl groups excluding tert-OH is 1. The molecule has 226 valence electrons. The Morgan fingerprint density at radius 2 is 2.05 bits per heavy atom. The van der Waals surface area contributed by atoms with Crippen LogP contribution in [0.3, 0.4) is 0 Å². The minimum atomic E-state index is -0.336. The van der Waals surface area contributed by atoms with Crippen LogP contribution in [0, 0.1) is 13.8 Å². The molecule has 0 saturated carbocycles. The third-order valence-corrected chi connectivity index (χ3v) is 9.38. The normalized spacial score (nSPS) is 23.6. The summed E-state index contributed by atoms with van der Waals surface area (Å²) in [6.45, 7) is 9.39. The number of hydrogen-bond acceptors (Lipinski definition) is 10. The number of ether oxygens (including phenoxy) is 3. The number of fused-ring (bicyclic) bond motifs is 4. The SMILES string of the molecule is CCO/C(N)=C1\C=C\c2nn(PI)c3c(C)nc(cc23)-c2c(C)nn(C)c2OC2COCC2N(C)CC1=NC(C)CO. The van der Waals surface area contributed by atoms with Gasteiger partial charge in [0.1, 0.15) is 6.10 Å². The summed E-state index contributed by atoms with van der Waals surface area (Å²) in [5, 5.41) is 20.5. The van der Waals surface area contributed by atoms with E-state index in [-0.39, 0.29) is 30.7 Å². The van der Waals surface area contributed by atoms with Gasteiger partial charge < -0.3 is 25.1 Å². The maximum Gasteiger partial charge on any atom is 0.221 e. The molecule has 2 bridgehead atoms. The highest BCUT2D eigenvalue weighted by Gasteiger charge is 2.36. The van der Waals surface area contributed by atoms with Crippen molar-refractivity contribution in [1.82, 2.24) is 29.2 Å². The van der Waals surface area contributed by atoms with Crippen LogP contribution in [-0.4, -0.2) is 98.2 Å². The van der Waals surface area contributed by atoms with Gasteiger partial charge >= 0.3 is 0 Å². The lowest BCUT2D eigenvalue weighted by Crippen LogP contribution is -2.46. The molecule has 5 rings (SSSR count). The van der Waals surface area contributed by atoms with E-state index in [1.165, 1.54) is 0 Å². The van der Waals surface area contributed by atoms with Crippen molar-refractivity contribution >= 4 is 51.1 Å². The van der Waals surface area contributed by atoms with Gasteiger partial charge in [-0.3, -0.25) is 14.9 Å². The maximum atomic E-state index is 9.89. The lowest BCUT2D eigenvalue weighted by atomic mass is 10.1. The van der Waals surface area contributed by atoms with Crippen LogP contribution in [0.4, 0.5) is 0 Å². The summed E-state index contributed by atoms with van der Waals surface area (Å²) >= 11 is 2.33. The first-order chi connectivity index (χ1) is 20.2. The second-order valence-electron chi connectivity index (χ2n) is 10.6. The Labute approximate surface area is 260 Å². The average Bonchev–Trinajstić information content (AvgIpc) is 3.64. The molecule has 42 heavy (non-hydrogen) atoms. The number of halogens is 1. The zero-order valence-electron chi connectivity index (χ0n) is 24.8. The first-order valence-corrected chi connectivity index (χ1v) is 18.0. The topological polar surface area (TPSA) is 138 Å². The molecule has 2 aliphatic rings. The molecule has 0 amide bonds. The van der Waals surface area contributed by atoms with E-state index in [1.807, 2.05) is 58.4 Å². The molecule has 1 saturated heterocycles. The van der Waals surface area contributed by atoms with Crippen molar-refractivity contribution in [3.63, 3.8) is 0 Å². The van der Waals surface area contributed by atoms with Crippen LogP contribution >= 0.6 is 28.4 Å². The number of rotatable bonds is 5. The Kier molecular flexibility index (Phi) is 9.53. The van der Waals surface area contributed by atoms with E-state index in [0.717, 1.165) is 39.2 Å². The predicted octanol–water partition coefficient (Wildman–Crippen LogP) is 3.37. The fourth-order valence-corrected chi connectivity index (χ4v) is 7.04. The third-order valence-electron chi connectivity index (χ3n) is 7.52. The van der Waals surface area contributed by atoms with Crippen molar-refractivity contribution in [3.8, 4) is 17.1 Å². The molecule has 0 aliphatic carbocycles. The van der Waals surface area contributed by atoms with Crippen LogP contribution in [0.1, 0.15) is 30.9 Å². The fourth-order valence-electron chi connectivity index (χ4n) is 5.48. The van der Waals surface area contributed by atoms with Crippen LogP contribution in [0.25, 0.3) is 28.2 Å². The predicted molar refractivity (Wildman–Crippen MR) is 174 cm³/mol. The fraction of sp³-hybridized carbons (Fsp3) is 0.500. The summed E-state index contributed by atoms with van der Waals surface area (Å²) in [5.41, 5.74) is 12.9. The number of nitrogens with zero attached hydrogens (tertiary/aromatic N) is 7. The molecule has 4 atom stereocenters. The number of allylic oxidation sites excluding steroid dienone is 1. The molecule has 12 nitrogen and oxygen atoms in total. The van der Waals surface area contributed by atoms with Crippen LogP contribution < -0.4 is 10.5 Å². The van der Waals surface area contributed by atoms with Gasteiger partial charge in [0.15, 0.2) is 5.88 Å². The highest BCUT2D eigenvalue weighted by Crippen LogP contribution is 2.38. The zero-order chi connectivity index (χ0) is 30.1. The van der Waals surface area contributed by atoms with Crippen LogP contribution in [0.2, 0.25) is 0 Å². The molecule has 3 N–H and O–H groups in total. The lowest BCUT2D eigenvalue weighted by Gasteiger charge is -2.29. The van der Waals surface area contributed by atoms with E-state index in [4.69, 9.17) is 40.1 Å². The summed E-state index contributed by atoms with van der Waals surface area (Å²) in [6, 6.07) is 1.65. The van der Waals surface area contributed by atoms with E-state index >= 15 is 0 Å². The molecule has 5 heterocycles. The molecule has 0 spiro atoms. The summed E-state index contributed by atoms with van der Waals surface area (Å²) in [7, 11) is 3.90. The molecule has 4 unspecified atom stereocenters. The van der Waals surface area contributed by atoms with Gasteiger partial charge in [-0.15, -0.1) is 0 Å². The van der Waals surface area contributed by atoms with Gasteiger partial charge in [0.2, 0.25) is 5.88 Å². The van der Waals surface area contributed by atoms with Crippen LogP contribution in [0.15, 0.2) is 28.6 Å². The maximum absolute atomic E-state index is 9.89. The van der Waals surface area contributed by atoms with E-state index in [2.05, 4.69) is 33.0 Å². The zero-order valence-corrected chi connectivity index (χ0v) is 27.9. The van der Waals surface area contributed by atoms with Crippen molar-refractivity contribution in [2.45, 2.75) is 45.9 Å². The number of aryl methyl sites for hydroxylation is 3. The van der Waals surface area contributed by atoms with Crippen LogP contribution in [-0.2, 0) is 16.5 Å². The molecule has 3 aromatic rings. The van der Waals surface area contributed by atoms with Gasteiger partial charge in [-0.25, -0.2) is 9.13 Å². The molecular formula is C28H38IN8O4P. The van der Waals surface area contributed by atoms with Gasteiger partial charge in [-0.2, -0.15) is 10.2 Å². The number of likely N-dealkylation sites (N-methyl/N-ethyl adjacent to an activating group) is 1. The number of hydrogen-bond donors (Lipinski definition) is 2. The second kappa shape index (κ2) is 13.0. The first kappa shape index (κ1) is 30.9. The largest absolute Gasteiger partial charge is 0.479 e. The Bertz CT molecular complexity index is 1560. The Morgan fingerprint density at radius 3 is 2.76 bits per heavy atom. The van der Waals surface area contributed by atoms with Crippen molar-refractivity contribution < 1.29 is 19.3 Å². The number of aliphatic hydroxyl groups is 1. The lowest BCUT2D eigenvalue weighted by molar-refractivity contribution is 0.114. The van der Waals surface area contributed by atoms with Gasteiger partial charge in [-0.1, -0.05) is 0 Å². The number of aromatic nitrogens is 5. The highest BCUT2D eigenvalue weighted by molar-refractivity contribution is 14.2. The van der Waals surface area contributed by atoms with Crippen molar-refractivity contribution in [3.05, 3.63) is 40.7 Å². The number of aliphatic imine (C=N–C) groups is 1. The first-order valence-electron chi connectivity index (χ1n) is 13.9. The Morgan fingerprint density at radius 1 is 1.26 bits per heavy atom. The van der Waals surface area contributed by atoms with Gasteiger partial charge in [0.25, 0.3) is 0 Å². The molecule has 0 radical (unpaired) electrons. The Balaban J connectivity index is 1.79. The standard InChI is InChI=1S/C28H38IN8O4P/c1-7-40-27(30)18-8-9-20-19-10-21(32-17(4)26(19)37(34-20)42-29)25-16(3)33-36(6)28(25)41-24-14-39-13-23(24)35(5)11-22(18)31-15(2)12-38/h8-10,15,23-24,38,42H,7,11-14,30H2,1-6H3/b9-8+,27-18+,31-22?. The summed E-state index contributed by atoms with van der Waals surface area (Å²) in [4.78, 5) is 12.1. The Hall–Kier alpha value is -2.58. The summed E-state index contributed by atoms with van der Waals surface area (Å²) in [6.07, 6.45) is 3.99. The van der Waals surface area contributed by atoms with E-state index in [9.17, 15) is 5.11 Å². The average molecular weight is 709 g/mol. The molecular weight excluding hydrogens is 670 g/mol. The summed E-state index contributed by atoms with van der Waals surface area (Å²) in [5.74, 6) is 0.907. The molecule has 3 aromatic heterocycles. The van der Waals surface area contributed by atoms with Crippen molar-refractivity contribution in [2.75, 3.05) is 40.0 Å². The van der Waals surface area contributed by atoms with Gasteiger partial charge in [0, 0.05) is 19.0 Å². The van der Waals surface area contributed by atoms with E-state index in [1.54, 1.807) is 4.68 Å². The smallest absolute Gasteiger partial charge is 0.221 e. The molecule has 1 fully saturated rings. The highest BCUT2D eigenvalue weighted by atomic mass is 127. The monoisotopic (exact) mass is 708 g/mol. The molecule has 0 aromatic carbocycles. The van der Waals surface area contributed by atoms with Crippen molar-refractivity contribution in [2.24, 2.45) is 17.8 Å². The van der Waals surface area contributed by atoms with E-state index < -0.39 is 0 Å².